The van der Waals surface area contributed by atoms with E-state index in [2.05, 4.69) is 11.3 Å². The molecule has 0 aliphatic heterocycles. The van der Waals surface area contributed by atoms with Gasteiger partial charge in [-0.1, -0.05) is 20.4 Å². The van der Waals surface area contributed by atoms with E-state index in [4.69, 9.17) is 9.47 Å². The Morgan fingerprint density at radius 1 is 0.826 bits per heavy atom. The molecule has 0 aliphatic carbocycles. The zero-order valence-corrected chi connectivity index (χ0v) is 15.6. The minimum atomic E-state index is -1.06. The standard InChI is InChI=1S/C14H23NO6.C2H6/c1-9(10(16)19-8)15(11(17)20-13(2,3)4)12(18)21-14(5,6)7;1-2/h1H2,2-8H3;1-2H3. The average Bonchev–Trinajstić information content (AvgIpc) is 2.35. The van der Waals surface area contributed by atoms with Crippen LogP contribution in [0, 0.1) is 0 Å². The van der Waals surface area contributed by atoms with E-state index in [1.54, 1.807) is 41.5 Å². The van der Waals surface area contributed by atoms with Gasteiger partial charge >= 0.3 is 18.2 Å². The highest BCUT2D eigenvalue weighted by atomic mass is 16.6. The van der Waals surface area contributed by atoms with E-state index in [-0.39, 0.29) is 0 Å². The molecule has 0 fully saturated rings. The number of ether oxygens (including phenoxy) is 3. The van der Waals surface area contributed by atoms with E-state index >= 15 is 0 Å². The number of nitrogens with zero attached hydrogens (tertiary/aromatic N) is 1. The summed E-state index contributed by atoms with van der Waals surface area (Å²) in [5.41, 5.74) is -2.19. The van der Waals surface area contributed by atoms with E-state index in [1.165, 1.54) is 0 Å². The first kappa shape index (κ1) is 23.2. The van der Waals surface area contributed by atoms with Gasteiger partial charge in [0.1, 0.15) is 16.9 Å². The molecule has 0 aromatic carbocycles. The third-order valence-electron chi connectivity index (χ3n) is 1.84. The molecule has 0 heterocycles. The Hall–Kier alpha value is -2.05. The number of imide groups is 1. The number of methoxy groups -OCH3 is 1. The first-order chi connectivity index (χ1) is 10.3. The number of carbonyl (C=O) groups is 3. The molecule has 0 atom stereocenters. The summed E-state index contributed by atoms with van der Waals surface area (Å²) in [5, 5.41) is 0. The molecule has 0 aromatic heterocycles. The van der Waals surface area contributed by atoms with Gasteiger partial charge in [-0.3, -0.25) is 0 Å². The van der Waals surface area contributed by atoms with Crippen LogP contribution in [0.3, 0.4) is 0 Å². The quantitative estimate of drug-likeness (QED) is 0.434. The Labute approximate surface area is 138 Å². The fourth-order valence-electron chi connectivity index (χ4n) is 1.12. The molecule has 0 spiro atoms. The molecule has 7 heteroatoms. The maximum Gasteiger partial charge on any atom is 0.424 e. The lowest BCUT2D eigenvalue weighted by Gasteiger charge is -2.28. The third kappa shape index (κ3) is 9.55. The van der Waals surface area contributed by atoms with Crippen molar-refractivity contribution in [3.05, 3.63) is 12.3 Å². The normalized spacial score (nSPS) is 10.7. The second-order valence-electron chi connectivity index (χ2n) is 6.23. The van der Waals surface area contributed by atoms with Gasteiger partial charge in [-0.25, -0.2) is 14.4 Å². The Balaban J connectivity index is 0. The zero-order valence-electron chi connectivity index (χ0n) is 15.6. The van der Waals surface area contributed by atoms with Crippen molar-refractivity contribution in [2.45, 2.75) is 66.6 Å². The molecule has 0 saturated carbocycles. The molecule has 0 aliphatic rings. The first-order valence-corrected chi connectivity index (χ1v) is 7.32. The van der Waals surface area contributed by atoms with Gasteiger partial charge in [0.25, 0.3) is 0 Å². The van der Waals surface area contributed by atoms with E-state index in [1.807, 2.05) is 13.8 Å². The van der Waals surface area contributed by atoms with E-state index in [9.17, 15) is 14.4 Å². The molecule has 0 bridgehead atoms. The molecule has 0 radical (unpaired) electrons. The number of hydrogen-bond donors (Lipinski definition) is 0. The summed E-state index contributed by atoms with van der Waals surface area (Å²) in [4.78, 5) is 36.1. The van der Waals surface area contributed by atoms with Crippen molar-refractivity contribution in [3.63, 3.8) is 0 Å². The van der Waals surface area contributed by atoms with Crippen LogP contribution in [-0.4, -0.2) is 41.4 Å². The smallest absolute Gasteiger partial charge is 0.424 e. The van der Waals surface area contributed by atoms with Crippen LogP contribution in [0.2, 0.25) is 0 Å². The number of rotatable bonds is 2. The molecule has 0 unspecified atom stereocenters. The van der Waals surface area contributed by atoms with Gasteiger partial charge in [-0.05, 0) is 41.5 Å². The summed E-state index contributed by atoms with van der Waals surface area (Å²) >= 11 is 0. The van der Waals surface area contributed by atoms with Crippen molar-refractivity contribution < 1.29 is 28.6 Å². The maximum atomic E-state index is 12.1. The second kappa shape index (κ2) is 9.17. The molecule has 0 saturated heterocycles. The van der Waals surface area contributed by atoms with Gasteiger partial charge in [0.05, 0.1) is 7.11 Å². The van der Waals surface area contributed by atoms with Gasteiger partial charge in [-0.15, -0.1) is 0 Å². The SMILES string of the molecule is C=C(C(=O)OC)N(C(=O)OC(C)(C)C)C(=O)OC(C)(C)C.CC. The largest absolute Gasteiger partial charge is 0.464 e. The van der Waals surface area contributed by atoms with Crippen LogP contribution >= 0.6 is 0 Å². The van der Waals surface area contributed by atoms with Crippen molar-refractivity contribution in [1.29, 1.82) is 0 Å². The van der Waals surface area contributed by atoms with Gasteiger partial charge < -0.3 is 14.2 Å². The molecule has 23 heavy (non-hydrogen) atoms. The van der Waals surface area contributed by atoms with Crippen LogP contribution in [0.25, 0.3) is 0 Å². The minimum Gasteiger partial charge on any atom is -0.464 e. The van der Waals surface area contributed by atoms with Gasteiger partial charge in [0.15, 0.2) is 0 Å². The number of carbonyl (C=O) groups excluding carboxylic acids is 3. The number of amides is 2. The topological polar surface area (TPSA) is 82.1 Å². The molecule has 0 N–H and O–H groups in total. The summed E-state index contributed by atoms with van der Waals surface area (Å²) in [6.07, 6.45) is -2.13. The highest BCUT2D eigenvalue weighted by Crippen LogP contribution is 2.18. The van der Waals surface area contributed by atoms with Crippen LogP contribution in [0.1, 0.15) is 55.4 Å². The lowest BCUT2D eigenvalue weighted by atomic mass is 10.2. The van der Waals surface area contributed by atoms with E-state index in [0.717, 1.165) is 7.11 Å². The van der Waals surface area contributed by atoms with E-state index in [0.29, 0.717) is 4.90 Å². The Bertz CT molecular complexity index is 414. The van der Waals surface area contributed by atoms with Crippen molar-refractivity contribution in [3.8, 4) is 0 Å². The Morgan fingerprint density at radius 3 is 1.35 bits per heavy atom. The lowest BCUT2D eigenvalue weighted by molar-refractivity contribution is -0.137. The lowest BCUT2D eigenvalue weighted by Crippen LogP contribution is -2.44. The summed E-state index contributed by atoms with van der Waals surface area (Å²) < 4.78 is 14.6. The average molecular weight is 331 g/mol. The highest BCUT2D eigenvalue weighted by Gasteiger charge is 2.36. The fraction of sp³-hybridized carbons (Fsp3) is 0.688. The monoisotopic (exact) mass is 331 g/mol. The van der Waals surface area contributed by atoms with Crippen molar-refractivity contribution in [2.24, 2.45) is 0 Å². The van der Waals surface area contributed by atoms with Crippen LogP contribution < -0.4 is 0 Å². The minimum absolute atomic E-state index is 0.419. The molecular weight excluding hydrogens is 302 g/mol. The maximum absolute atomic E-state index is 12.1. The zero-order chi connectivity index (χ0) is 19.0. The molecule has 2 amide bonds. The first-order valence-electron chi connectivity index (χ1n) is 7.32. The number of hydrogen-bond acceptors (Lipinski definition) is 6. The summed E-state index contributed by atoms with van der Waals surface area (Å²) in [5.74, 6) is -0.938. The summed E-state index contributed by atoms with van der Waals surface area (Å²) in [7, 11) is 1.11. The molecule has 0 rings (SSSR count). The van der Waals surface area contributed by atoms with Crippen molar-refractivity contribution in [1.82, 2.24) is 4.90 Å². The van der Waals surface area contributed by atoms with Crippen LogP contribution in [0.4, 0.5) is 9.59 Å². The second-order valence-corrected chi connectivity index (χ2v) is 6.23. The molecule has 0 aromatic rings. The van der Waals surface area contributed by atoms with Crippen LogP contribution in [0.5, 0.6) is 0 Å². The van der Waals surface area contributed by atoms with Crippen molar-refractivity contribution >= 4 is 18.2 Å². The Morgan fingerprint density at radius 2 is 1.13 bits per heavy atom. The third-order valence-corrected chi connectivity index (χ3v) is 1.84. The van der Waals surface area contributed by atoms with E-state index < -0.39 is 35.1 Å². The summed E-state index contributed by atoms with van der Waals surface area (Å²) in [6, 6.07) is 0. The van der Waals surface area contributed by atoms with Gasteiger partial charge in [0.2, 0.25) is 0 Å². The molecule has 7 nitrogen and oxygen atoms in total. The predicted octanol–water partition coefficient (Wildman–Crippen LogP) is 3.87. The Kier molecular flexibility index (Phi) is 9.26. The van der Waals surface area contributed by atoms with Crippen LogP contribution in [-0.2, 0) is 19.0 Å². The highest BCUT2D eigenvalue weighted by molar-refractivity contribution is 6.00. The summed E-state index contributed by atoms with van der Waals surface area (Å²) in [6.45, 7) is 17.1. The van der Waals surface area contributed by atoms with Gasteiger partial charge in [0, 0.05) is 0 Å². The molecule has 134 valence electrons. The van der Waals surface area contributed by atoms with Crippen LogP contribution in [0.15, 0.2) is 12.3 Å². The van der Waals surface area contributed by atoms with Gasteiger partial charge in [-0.2, -0.15) is 4.90 Å². The van der Waals surface area contributed by atoms with Crippen molar-refractivity contribution in [2.75, 3.05) is 7.11 Å². The fourth-order valence-corrected chi connectivity index (χ4v) is 1.12. The molecular formula is C16H29NO6. The number of esters is 1. The predicted molar refractivity (Wildman–Crippen MR) is 86.8 cm³/mol.